The molecule has 88 valence electrons. The van der Waals surface area contributed by atoms with Crippen molar-refractivity contribution in [2.24, 2.45) is 11.8 Å². The number of nitrogens with zero attached hydrogens (tertiary/aromatic N) is 2. The molecule has 0 unspecified atom stereocenters. The first-order valence-electron chi connectivity index (χ1n) is 5.41. The third kappa shape index (κ3) is 2.62. The summed E-state index contributed by atoms with van der Waals surface area (Å²) in [5, 5.41) is 0. The predicted molar refractivity (Wildman–Crippen MR) is 65.0 cm³/mol. The van der Waals surface area contributed by atoms with E-state index >= 15 is 0 Å². The number of anilines is 1. The van der Waals surface area contributed by atoms with Crippen molar-refractivity contribution in [2.75, 3.05) is 12.0 Å². The number of hydrazine groups is 1. The summed E-state index contributed by atoms with van der Waals surface area (Å²) in [6.07, 6.45) is 6.57. The van der Waals surface area contributed by atoms with Crippen LogP contribution in [0.15, 0.2) is 10.8 Å². The standard InChI is InChI=1S/C10H15BrN4O/c11-8-9(15-12)13-6-14-10(8)16-5-4-7-2-1-3-7/h6-7H,1-5,12H2,(H,13,14,15). The molecule has 2 rings (SSSR count). The Balaban J connectivity index is 1.87. The van der Waals surface area contributed by atoms with Gasteiger partial charge in [0.2, 0.25) is 5.88 Å². The van der Waals surface area contributed by atoms with Crippen molar-refractivity contribution < 1.29 is 4.74 Å². The summed E-state index contributed by atoms with van der Waals surface area (Å²) in [7, 11) is 0. The minimum absolute atomic E-state index is 0.536. The van der Waals surface area contributed by atoms with Gasteiger partial charge in [-0.2, -0.15) is 0 Å². The molecule has 16 heavy (non-hydrogen) atoms. The van der Waals surface area contributed by atoms with Crippen molar-refractivity contribution in [3.63, 3.8) is 0 Å². The summed E-state index contributed by atoms with van der Waals surface area (Å²) in [4.78, 5) is 8.01. The number of rotatable bonds is 5. The molecule has 1 aliphatic rings. The van der Waals surface area contributed by atoms with Crippen LogP contribution in [0.5, 0.6) is 5.88 Å². The molecule has 0 spiro atoms. The average molecular weight is 287 g/mol. The summed E-state index contributed by atoms with van der Waals surface area (Å²) in [6, 6.07) is 0. The number of ether oxygens (including phenoxy) is 1. The summed E-state index contributed by atoms with van der Waals surface area (Å²) in [6.45, 7) is 0.699. The van der Waals surface area contributed by atoms with Crippen LogP contribution in [0.2, 0.25) is 0 Å². The molecule has 0 bridgehead atoms. The van der Waals surface area contributed by atoms with Crippen LogP contribution in [0.25, 0.3) is 0 Å². The fraction of sp³-hybridized carbons (Fsp3) is 0.600. The molecular weight excluding hydrogens is 272 g/mol. The first-order chi connectivity index (χ1) is 7.81. The quantitative estimate of drug-likeness (QED) is 0.641. The van der Waals surface area contributed by atoms with Crippen LogP contribution in [-0.4, -0.2) is 16.6 Å². The van der Waals surface area contributed by atoms with Gasteiger partial charge in [0.05, 0.1) is 6.61 Å². The average Bonchev–Trinajstić information content (AvgIpc) is 2.24. The zero-order valence-electron chi connectivity index (χ0n) is 8.95. The smallest absolute Gasteiger partial charge is 0.233 e. The van der Waals surface area contributed by atoms with Crippen molar-refractivity contribution in [1.82, 2.24) is 9.97 Å². The third-order valence-corrected chi connectivity index (χ3v) is 3.60. The maximum absolute atomic E-state index is 5.59. The minimum Gasteiger partial charge on any atom is -0.477 e. The second-order valence-corrected chi connectivity index (χ2v) is 4.71. The van der Waals surface area contributed by atoms with Crippen molar-refractivity contribution in [2.45, 2.75) is 25.7 Å². The lowest BCUT2D eigenvalue weighted by Gasteiger charge is -2.24. The van der Waals surface area contributed by atoms with Crippen LogP contribution >= 0.6 is 15.9 Å². The number of nitrogen functional groups attached to an aromatic ring is 1. The molecule has 1 saturated carbocycles. The summed E-state index contributed by atoms with van der Waals surface area (Å²) >= 11 is 3.35. The van der Waals surface area contributed by atoms with E-state index in [1.165, 1.54) is 25.6 Å². The van der Waals surface area contributed by atoms with Crippen LogP contribution in [0.4, 0.5) is 5.82 Å². The molecule has 1 aliphatic carbocycles. The molecule has 5 nitrogen and oxygen atoms in total. The molecule has 1 fully saturated rings. The Morgan fingerprint density at radius 3 is 2.94 bits per heavy atom. The number of nitrogens with one attached hydrogen (secondary N) is 1. The van der Waals surface area contributed by atoms with Gasteiger partial charge in [0.25, 0.3) is 0 Å². The molecule has 1 aromatic rings. The van der Waals surface area contributed by atoms with E-state index in [-0.39, 0.29) is 0 Å². The molecule has 1 heterocycles. The maximum Gasteiger partial charge on any atom is 0.233 e. The van der Waals surface area contributed by atoms with Crippen molar-refractivity contribution in [1.29, 1.82) is 0 Å². The lowest BCUT2D eigenvalue weighted by atomic mass is 9.83. The van der Waals surface area contributed by atoms with Crippen molar-refractivity contribution in [3.8, 4) is 5.88 Å². The lowest BCUT2D eigenvalue weighted by Crippen LogP contribution is -2.15. The Bertz CT molecular complexity index is 357. The molecule has 6 heteroatoms. The van der Waals surface area contributed by atoms with Gasteiger partial charge in [-0.1, -0.05) is 19.3 Å². The normalized spacial score (nSPS) is 15.6. The molecule has 0 amide bonds. The van der Waals surface area contributed by atoms with E-state index in [0.717, 1.165) is 12.3 Å². The first kappa shape index (κ1) is 11.6. The van der Waals surface area contributed by atoms with Crippen LogP contribution in [0, 0.1) is 5.92 Å². The Morgan fingerprint density at radius 2 is 2.31 bits per heavy atom. The van der Waals surface area contributed by atoms with Crippen molar-refractivity contribution >= 4 is 21.7 Å². The Labute approximate surface area is 103 Å². The van der Waals surface area contributed by atoms with Gasteiger partial charge in [0.15, 0.2) is 5.82 Å². The van der Waals surface area contributed by atoms with E-state index in [1.807, 2.05) is 0 Å². The highest BCUT2D eigenvalue weighted by molar-refractivity contribution is 9.10. The van der Waals surface area contributed by atoms with E-state index in [1.54, 1.807) is 0 Å². The SMILES string of the molecule is NNc1ncnc(OCCC2CCC2)c1Br. The van der Waals surface area contributed by atoms with E-state index in [9.17, 15) is 0 Å². The number of halogens is 1. The van der Waals surface area contributed by atoms with Gasteiger partial charge in [-0.3, -0.25) is 0 Å². The topological polar surface area (TPSA) is 73.1 Å². The second-order valence-electron chi connectivity index (χ2n) is 3.92. The number of hydrogen-bond donors (Lipinski definition) is 2. The molecule has 0 radical (unpaired) electrons. The monoisotopic (exact) mass is 286 g/mol. The van der Waals surface area contributed by atoms with Gasteiger partial charge in [0, 0.05) is 0 Å². The Kier molecular flexibility index (Phi) is 3.95. The Morgan fingerprint density at radius 1 is 1.50 bits per heavy atom. The third-order valence-electron chi connectivity index (χ3n) is 2.88. The van der Waals surface area contributed by atoms with Gasteiger partial charge >= 0.3 is 0 Å². The molecule has 0 aromatic carbocycles. The van der Waals surface area contributed by atoms with E-state index in [0.29, 0.717) is 22.8 Å². The van der Waals surface area contributed by atoms with Gasteiger partial charge in [-0.15, -0.1) is 0 Å². The summed E-state index contributed by atoms with van der Waals surface area (Å²) < 4.78 is 6.26. The number of aromatic nitrogens is 2. The zero-order valence-corrected chi connectivity index (χ0v) is 10.5. The van der Waals surface area contributed by atoms with Gasteiger partial charge < -0.3 is 10.2 Å². The van der Waals surface area contributed by atoms with Crippen LogP contribution < -0.4 is 16.0 Å². The van der Waals surface area contributed by atoms with Crippen LogP contribution in [0.1, 0.15) is 25.7 Å². The molecule has 0 atom stereocenters. The molecule has 1 aromatic heterocycles. The fourth-order valence-corrected chi connectivity index (χ4v) is 2.09. The number of nitrogens with two attached hydrogens (primary N) is 1. The fourth-order valence-electron chi connectivity index (χ4n) is 1.66. The molecule has 0 aliphatic heterocycles. The van der Waals surface area contributed by atoms with Gasteiger partial charge in [-0.25, -0.2) is 15.8 Å². The highest BCUT2D eigenvalue weighted by Gasteiger charge is 2.17. The highest BCUT2D eigenvalue weighted by Crippen LogP contribution is 2.31. The van der Waals surface area contributed by atoms with Gasteiger partial charge in [-0.05, 0) is 28.3 Å². The van der Waals surface area contributed by atoms with E-state index in [2.05, 4.69) is 31.3 Å². The Hall–Kier alpha value is -0.880. The molecule has 0 saturated heterocycles. The molecular formula is C10H15BrN4O. The van der Waals surface area contributed by atoms with Gasteiger partial charge in [0.1, 0.15) is 10.8 Å². The van der Waals surface area contributed by atoms with Crippen molar-refractivity contribution in [3.05, 3.63) is 10.8 Å². The zero-order chi connectivity index (χ0) is 11.4. The lowest BCUT2D eigenvalue weighted by molar-refractivity contribution is 0.216. The first-order valence-corrected chi connectivity index (χ1v) is 6.20. The molecule has 3 N–H and O–H groups in total. The van der Waals surface area contributed by atoms with Crippen LogP contribution in [-0.2, 0) is 0 Å². The minimum atomic E-state index is 0.536. The number of hydrogen-bond acceptors (Lipinski definition) is 5. The maximum atomic E-state index is 5.59. The highest BCUT2D eigenvalue weighted by atomic mass is 79.9. The van der Waals surface area contributed by atoms with E-state index < -0.39 is 0 Å². The largest absolute Gasteiger partial charge is 0.477 e. The van der Waals surface area contributed by atoms with Crippen LogP contribution in [0.3, 0.4) is 0 Å². The summed E-state index contributed by atoms with van der Waals surface area (Å²) in [5.41, 5.74) is 2.48. The second kappa shape index (κ2) is 5.45. The van der Waals surface area contributed by atoms with E-state index in [4.69, 9.17) is 10.6 Å². The summed E-state index contributed by atoms with van der Waals surface area (Å²) in [5.74, 6) is 7.22. The predicted octanol–water partition coefficient (Wildman–Crippen LogP) is 2.09.